The summed E-state index contributed by atoms with van der Waals surface area (Å²) in [6.07, 6.45) is 0. The average molecular weight is 387 g/mol. The van der Waals surface area contributed by atoms with Crippen LogP contribution in [-0.2, 0) is 16.1 Å². The first-order chi connectivity index (χ1) is 13.4. The normalized spacial score (nSPS) is 10.6. The van der Waals surface area contributed by atoms with Gasteiger partial charge in [0, 0.05) is 19.3 Å². The van der Waals surface area contributed by atoms with Crippen molar-refractivity contribution in [2.24, 2.45) is 0 Å². The maximum Gasteiger partial charge on any atom is 0.238 e. The molecule has 0 radical (unpaired) electrons. The Labute approximate surface area is 164 Å². The van der Waals surface area contributed by atoms with E-state index in [9.17, 15) is 14.0 Å². The smallest absolute Gasteiger partial charge is 0.238 e. The molecule has 6 nitrogen and oxygen atoms in total. The summed E-state index contributed by atoms with van der Waals surface area (Å²) in [5.74, 6) is 0.0745. The lowest BCUT2D eigenvalue weighted by Gasteiger charge is -2.22. The molecule has 0 aliphatic heterocycles. The molecule has 7 heteroatoms. The van der Waals surface area contributed by atoms with Crippen LogP contribution in [0.25, 0.3) is 0 Å². The van der Waals surface area contributed by atoms with E-state index in [1.165, 1.54) is 24.3 Å². The highest BCUT2D eigenvalue weighted by atomic mass is 19.1. The van der Waals surface area contributed by atoms with Crippen molar-refractivity contribution in [2.75, 3.05) is 39.1 Å². The molecule has 1 N–H and O–H groups in total. The van der Waals surface area contributed by atoms with Gasteiger partial charge in [-0.1, -0.05) is 12.1 Å². The molecule has 2 amide bonds. The molecule has 0 fully saturated rings. The Morgan fingerprint density at radius 2 is 1.64 bits per heavy atom. The summed E-state index contributed by atoms with van der Waals surface area (Å²) in [6.45, 7) is 3.18. The minimum Gasteiger partial charge on any atom is -0.494 e. The van der Waals surface area contributed by atoms with E-state index in [1.807, 2.05) is 31.2 Å². The van der Waals surface area contributed by atoms with E-state index in [0.29, 0.717) is 18.8 Å². The summed E-state index contributed by atoms with van der Waals surface area (Å²) in [5.41, 5.74) is 1.51. The number of benzene rings is 2. The van der Waals surface area contributed by atoms with Gasteiger partial charge in [0.15, 0.2) is 0 Å². The molecule has 2 aromatic rings. The number of nitrogens with zero attached hydrogens (tertiary/aromatic N) is 2. The molecule has 0 spiro atoms. The monoisotopic (exact) mass is 387 g/mol. The third-order valence-corrected chi connectivity index (χ3v) is 4.03. The Balaban J connectivity index is 1.78. The van der Waals surface area contributed by atoms with Gasteiger partial charge < -0.3 is 15.0 Å². The highest BCUT2D eigenvalue weighted by Gasteiger charge is 2.14. The van der Waals surface area contributed by atoms with E-state index >= 15 is 0 Å². The van der Waals surface area contributed by atoms with Gasteiger partial charge >= 0.3 is 0 Å². The third kappa shape index (κ3) is 7.00. The summed E-state index contributed by atoms with van der Waals surface area (Å²) in [6, 6.07) is 13.1. The van der Waals surface area contributed by atoms with Crippen molar-refractivity contribution < 1.29 is 18.7 Å². The van der Waals surface area contributed by atoms with Gasteiger partial charge in [-0.25, -0.2) is 4.39 Å². The summed E-state index contributed by atoms with van der Waals surface area (Å²) in [4.78, 5) is 27.7. The SMILES string of the molecule is CCOc1ccc(CN(C)C(=O)CN(C)CC(=O)Nc2ccc(F)cc2)cc1. The fourth-order valence-corrected chi connectivity index (χ4v) is 2.61. The zero-order valence-electron chi connectivity index (χ0n) is 16.4. The first-order valence-electron chi connectivity index (χ1n) is 9.07. The molecule has 0 saturated heterocycles. The van der Waals surface area contributed by atoms with Crippen LogP contribution >= 0.6 is 0 Å². The van der Waals surface area contributed by atoms with E-state index in [-0.39, 0.29) is 30.7 Å². The predicted octanol–water partition coefficient (Wildman–Crippen LogP) is 2.75. The molecule has 0 atom stereocenters. The second-order valence-electron chi connectivity index (χ2n) is 6.55. The zero-order valence-corrected chi connectivity index (χ0v) is 16.4. The number of ether oxygens (including phenoxy) is 1. The number of rotatable bonds is 9. The summed E-state index contributed by atoms with van der Waals surface area (Å²) in [5, 5.41) is 2.67. The minimum atomic E-state index is -0.365. The highest BCUT2D eigenvalue weighted by Crippen LogP contribution is 2.13. The zero-order chi connectivity index (χ0) is 20.5. The van der Waals surface area contributed by atoms with Crippen molar-refractivity contribution in [1.82, 2.24) is 9.80 Å². The molecule has 0 aliphatic rings. The van der Waals surface area contributed by atoms with E-state index in [1.54, 1.807) is 23.9 Å². The van der Waals surface area contributed by atoms with E-state index < -0.39 is 0 Å². The molecular weight excluding hydrogens is 361 g/mol. The van der Waals surface area contributed by atoms with Gasteiger partial charge in [0.2, 0.25) is 11.8 Å². The van der Waals surface area contributed by atoms with E-state index in [4.69, 9.17) is 4.74 Å². The van der Waals surface area contributed by atoms with Crippen molar-refractivity contribution in [3.05, 3.63) is 59.9 Å². The van der Waals surface area contributed by atoms with Crippen LogP contribution in [0.3, 0.4) is 0 Å². The van der Waals surface area contributed by atoms with Crippen molar-refractivity contribution in [2.45, 2.75) is 13.5 Å². The Hall–Kier alpha value is -2.93. The molecule has 0 aliphatic carbocycles. The number of halogens is 1. The van der Waals surface area contributed by atoms with Crippen LogP contribution < -0.4 is 10.1 Å². The van der Waals surface area contributed by atoms with Gasteiger partial charge in [-0.15, -0.1) is 0 Å². The van der Waals surface area contributed by atoms with E-state index in [0.717, 1.165) is 11.3 Å². The number of amides is 2. The van der Waals surface area contributed by atoms with Gasteiger partial charge in [-0.05, 0) is 55.9 Å². The highest BCUT2D eigenvalue weighted by molar-refractivity contribution is 5.92. The number of carbonyl (C=O) groups is 2. The maximum atomic E-state index is 12.9. The van der Waals surface area contributed by atoms with Gasteiger partial charge in [-0.2, -0.15) is 0 Å². The van der Waals surface area contributed by atoms with Crippen molar-refractivity contribution in [1.29, 1.82) is 0 Å². The first-order valence-corrected chi connectivity index (χ1v) is 9.07. The summed E-state index contributed by atoms with van der Waals surface area (Å²) < 4.78 is 18.3. The fourth-order valence-electron chi connectivity index (χ4n) is 2.61. The largest absolute Gasteiger partial charge is 0.494 e. The van der Waals surface area contributed by atoms with Crippen LogP contribution in [-0.4, -0.2) is 55.4 Å². The third-order valence-electron chi connectivity index (χ3n) is 4.03. The van der Waals surface area contributed by atoms with Crippen LogP contribution in [0.15, 0.2) is 48.5 Å². The lowest BCUT2D eigenvalue weighted by atomic mass is 10.2. The molecule has 0 saturated carbocycles. The Bertz CT molecular complexity index is 778. The van der Waals surface area contributed by atoms with Crippen LogP contribution in [0, 0.1) is 5.82 Å². The van der Waals surface area contributed by atoms with Crippen LogP contribution in [0.5, 0.6) is 5.75 Å². The van der Waals surface area contributed by atoms with Gasteiger partial charge in [-0.3, -0.25) is 14.5 Å². The summed E-state index contributed by atoms with van der Waals surface area (Å²) in [7, 11) is 3.43. The van der Waals surface area contributed by atoms with Crippen LogP contribution in [0.1, 0.15) is 12.5 Å². The molecule has 0 heterocycles. The number of hydrogen-bond acceptors (Lipinski definition) is 4. The second kappa shape index (κ2) is 10.4. The number of carbonyl (C=O) groups excluding carboxylic acids is 2. The number of hydrogen-bond donors (Lipinski definition) is 1. The Morgan fingerprint density at radius 3 is 2.25 bits per heavy atom. The first kappa shape index (κ1) is 21.4. The Morgan fingerprint density at radius 1 is 1.00 bits per heavy atom. The Kier molecular flexibility index (Phi) is 7.95. The summed E-state index contributed by atoms with van der Waals surface area (Å²) >= 11 is 0. The van der Waals surface area contributed by atoms with Crippen molar-refractivity contribution >= 4 is 17.5 Å². The molecule has 2 rings (SSSR count). The molecule has 150 valence electrons. The molecular formula is C21H26FN3O3. The maximum absolute atomic E-state index is 12.9. The quantitative estimate of drug-likeness (QED) is 0.719. The number of likely N-dealkylation sites (N-methyl/N-ethyl adjacent to an activating group) is 2. The topological polar surface area (TPSA) is 61.9 Å². The van der Waals surface area contributed by atoms with Crippen LogP contribution in [0.2, 0.25) is 0 Å². The molecule has 28 heavy (non-hydrogen) atoms. The molecule has 0 unspecified atom stereocenters. The van der Waals surface area contributed by atoms with Gasteiger partial charge in [0.1, 0.15) is 11.6 Å². The lowest BCUT2D eigenvalue weighted by Crippen LogP contribution is -2.39. The predicted molar refractivity (Wildman–Crippen MR) is 107 cm³/mol. The molecule has 2 aromatic carbocycles. The molecule has 0 aromatic heterocycles. The fraction of sp³-hybridized carbons (Fsp3) is 0.333. The van der Waals surface area contributed by atoms with Crippen molar-refractivity contribution in [3.8, 4) is 5.75 Å². The number of nitrogens with one attached hydrogen (secondary N) is 1. The molecule has 0 bridgehead atoms. The van der Waals surface area contributed by atoms with Crippen LogP contribution in [0.4, 0.5) is 10.1 Å². The van der Waals surface area contributed by atoms with Crippen molar-refractivity contribution in [3.63, 3.8) is 0 Å². The van der Waals surface area contributed by atoms with Gasteiger partial charge in [0.05, 0.1) is 19.7 Å². The van der Waals surface area contributed by atoms with Gasteiger partial charge in [0.25, 0.3) is 0 Å². The lowest BCUT2D eigenvalue weighted by molar-refractivity contribution is -0.131. The van der Waals surface area contributed by atoms with E-state index in [2.05, 4.69) is 5.32 Å². The second-order valence-corrected chi connectivity index (χ2v) is 6.55. The number of anilines is 1. The minimum absolute atomic E-state index is 0.0556. The average Bonchev–Trinajstić information content (AvgIpc) is 2.65. The standard InChI is InChI=1S/C21H26FN3O3/c1-4-28-19-11-5-16(6-12-19)13-25(3)21(27)15-24(2)14-20(26)23-18-9-7-17(22)8-10-18/h5-12H,4,13-15H2,1-3H3,(H,23,26).